The fourth-order valence-electron chi connectivity index (χ4n) is 1.21. The van der Waals surface area contributed by atoms with Crippen molar-refractivity contribution in [3.05, 3.63) is 17.5 Å². The number of β-amino-alcohol motifs (C(OH)–C–C–N with tert-alkyl or cyclic N) is 1. The van der Waals surface area contributed by atoms with Gasteiger partial charge in [-0.2, -0.15) is 0 Å². The van der Waals surface area contributed by atoms with Crippen molar-refractivity contribution in [2.24, 2.45) is 0 Å². The summed E-state index contributed by atoms with van der Waals surface area (Å²) in [4.78, 5) is 16.5. The summed E-state index contributed by atoms with van der Waals surface area (Å²) < 4.78 is 4.76. The molecule has 0 aromatic carbocycles. The van der Waals surface area contributed by atoms with E-state index in [2.05, 4.69) is 5.16 Å². The van der Waals surface area contributed by atoms with E-state index in [-0.39, 0.29) is 18.8 Å². The molecule has 1 saturated heterocycles. The third-order valence-corrected chi connectivity index (χ3v) is 1.87. The molecule has 0 unspecified atom stereocenters. The molecule has 14 heavy (non-hydrogen) atoms. The Bertz CT molecular complexity index is 349. The fourth-order valence-corrected chi connectivity index (χ4v) is 1.21. The molecule has 0 aliphatic carbocycles. The average Bonchev–Trinajstić information content (AvgIpc) is 2.73. The van der Waals surface area contributed by atoms with Gasteiger partial charge in [-0.25, -0.2) is 5.06 Å². The van der Waals surface area contributed by atoms with Gasteiger partial charge in [-0.15, -0.1) is 0 Å². The van der Waals surface area contributed by atoms with Crippen LogP contribution in [-0.4, -0.2) is 40.5 Å². The lowest BCUT2D eigenvalue weighted by molar-refractivity contribution is -0.0784. The van der Waals surface area contributed by atoms with Crippen LogP contribution in [0, 0.1) is 6.92 Å². The van der Waals surface area contributed by atoms with Gasteiger partial charge in [0, 0.05) is 6.07 Å². The van der Waals surface area contributed by atoms with E-state index >= 15 is 0 Å². The molecule has 2 heterocycles. The van der Waals surface area contributed by atoms with Crippen LogP contribution >= 0.6 is 0 Å². The Labute approximate surface area is 80.0 Å². The third kappa shape index (κ3) is 1.61. The van der Waals surface area contributed by atoms with Gasteiger partial charge in [0.2, 0.25) is 0 Å². The van der Waals surface area contributed by atoms with E-state index in [1.807, 2.05) is 0 Å². The highest BCUT2D eigenvalue weighted by Crippen LogP contribution is 2.11. The van der Waals surface area contributed by atoms with Gasteiger partial charge >= 0.3 is 0 Å². The lowest BCUT2D eigenvalue weighted by Gasteiger charge is -2.10. The summed E-state index contributed by atoms with van der Waals surface area (Å²) in [6, 6.07) is 1.52. The molecular formula is C8H10N2O4. The lowest BCUT2D eigenvalue weighted by Crippen LogP contribution is -2.28. The quantitative estimate of drug-likeness (QED) is 0.672. The number of aliphatic hydroxyl groups is 1. The minimum atomic E-state index is -0.619. The zero-order chi connectivity index (χ0) is 10.1. The van der Waals surface area contributed by atoms with Crippen molar-refractivity contribution < 1.29 is 19.3 Å². The molecule has 0 bridgehead atoms. The van der Waals surface area contributed by atoms with Crippen LogP contribution in [0.2, 0.25) is 0 Å². The Morgan fingerprint density at radius 2 is 2.57 bits per heavy atom. The van der Waals surface area contributed by atoms with Crippen molar-refractivity contribution in [2.45, 2.75) is 13.0 Å². The van der Waals surface area contributed by atoms with E-state index < -0.39 is 12.0 Å². The Hall–Kier alpha value is -1.40. The zero-order valence-corrected chi connectivity index (χ0v) is 7.64. The monoisotopic (exact) mass is 198 g/mol. The van der Waals surface area contributed by atoms with E-state index in [9.17, 15) is 4.79 Å². The smallest absolute Gasteiger partial charge is 0.299 e. The molecule has 1 atom stereocenters. The second-order valence-corrected chi connectivity index (χ2v) is 3.14. The maximum absolute atomic E-state index is 11.6. The summed E-state index contributed by atoms with van der Waals surface area (Å²) in [7, 11) is 0. The van der Waals surface area contributed by atoms with Crippen LogP contribution in [0.1, 0.15) is 16.2 Å². The van der Waals surface area contributed by atoms with E-state index in [1.54, 1.807) is 6.92 Å². The van der Waals surface area contributed by atoms with E-state index in [0.717, 1.165) is 5.06 Å². The van der Waals surface area contributed by atoms with E-state index in [4.69, 9.17) is 14.5 Å². The maximum atomic E-state index is 11.6. The van der Waals surface area contributed by atoms with Crippen LogP contribution < -0.4 is 0 Å². The lowest BCUT2D eigenvalue weighted by atomic mass is 10.3. The predicted octanol–water partition coefficient (Wildman–Crippen LogP) is -0.269. The Morgan fingerprint density at radius 1 is 1.79 bits per heavy atom. The standard InChI is InChI=1S/C8H10N2O4/c1-5-2-7(9-14-5)8(12)10-3-6(11)4-13-10/h2,6,11H,3-4H2,1H3/t6-/m0/s1. The number of hydrogen-bond donors (Lipinski definition) is 1. The number of aromatic nitrogens is 1. The van der Waals surface area contributed by atoms with Gasteiger partial charge in [-0.05, 0) is 6.92 Å². The van der Waals surface area contributed by atoms with Gasteiger partial charge in [0.15, 0.2) is 5.69 Å². The molecule has 1 aliphatic rings. The molecule has 76 valence electrons. The van der Waals surface area contributed by atoms with E-state index in [0.29, 0.717) is 5.76 Å². The first-order chi connectivity index (χ1) is 6.66. The van der Waals surface area contributed by atoms with Crippen molar-refractivity contribution >= 4 is 5.91 Å². The van der Waals surface area contributed by atoms with Crippen LogP contribution in [-0.2, 0) is 4.84 Å². The van der Waals surface area contributed by atoms with Crippen LogP contribution in [0.4, 0.5) is 0 Å². The fraction of sp³-hybridized carbons (Fsp3) is 0.500. The third-order valence-electron chi connectivity index (χ3n) is 1.87. The molecule has 1 N–H and O–H groups in total. The molecule has 0 saturated carbocycles. The SMILES string of the molecule is Cc1cc(C(=O)N2C[C@H](O)CO2)no1. The molecule has 0 radical (unpaired) electrons. The van der Waals surface area contributed by atoms with Gasteiger partial charge in [0.25, 0.3) is 5.91 Å². The van der Waals surface area contributed by atoms with Crippen molar-refractivity contribution in [1.29, 1.82) is 0 Å². The first-order valence-electron chi connectivity index (χ1n) is 4.23. The second kappa shape index (κ2) is 3.39. The average molecular weight is 198 g/mol. The van der Waals surface area contributed by atoms with Crippen molar-refractivity contribution in [1.82, 2.24) is 10.2 Å². The van der Waals surface area contributed by atoms with Crippen LogP contribution in [0.25, 0.3) is 0 Å². The van der Waals surface area contributed by atoms with Gasteiger partial charge in [0.1, 0.15) is 18.5 Å². The summed E-state index contributed by atoms with van der Waals surface area (Å²) >= 11 is 0. The summed E-state index contributed by atoms with van der Waals surface area (Å²) in [5.41, 5.74) is 0.191. The number of amides is 1. The normalized spacial score (nSPS) is 21.6. The maximum Gasteiger partial charge on any atom is 0.299 e. The first-order valence-corrected chi connectivity index (χ1v) is 4.23. The number of nitrogens with zero attached hydrogens (tertiary/aromatic N) is 2. The molecule has 1 aromatic heterocycles. The predicted molar refractivity (Wildman–Crippen MR) is 44.2 cm³/mol. The molecule has 2 rings (SSSR count). The minimum absolute atomic E-state index is 0.141. The number of carbonyl (C=O) groups excluding carboxylic acids is 1. The Kier molecular flexibility index (Phi) is 2.22. The minimum Gasteiger partial charge on any atom is -0.389 e. The number of carbonyl (C=O) groups is 1. The summed E-state index contributed by atoms with van der Waals surface area (Å²) in [5.74, 6) is 0.173. The van der Waals surface area contributed by atoms with Crippen LogP contribution in [0.3, 0.4) is 0 Å². The molecule has 1 aliphatic heterocycles. The molecule has 0 spiro atoms. The summed E-state index contributed by atoms with van der Waals surface area (Å²) in [6.45, 7) is 2.01. The summed E-state index contributed by atoms with van der Waals surface area (Å²) in [6.07, 6.45) is -0.619. The van der Waals surface area contributed by atoms with Gasteiger partial charge in [-0.3, -0.25) is 9.63 Å². The molecule has 1 aromatic rings. The molecule has 6 heteroatoms. The summed E-state index contributed by atoms with van der Waals surface area (Å²) in [5, 5.41) is 13.8. The van der Waals surface area contributed by atoms with Crippen molar-refractivity contribution in [2.75, 3.05) is 13.2 Å². The van der Waals surface area contributed by atoms with Crippen molar-refractivity contribution in [3.8, 4) is 0 Å². The van der Waals surface area contributed by atoms with Crippen LogP contribution in [0.15, 0.2) is 10.6 Å². The zero-order valence-electron chi connectivity index (χ0n) is 7.64. The molecular weight excluding hydrogens is 188 g/mol. The van der Waals surface area contributed by atoms with Gasteiger partial charge in [-0.1, -0.05) is 5.16 Å². The van der Waals surface area contributed by atoms with Crippen LogP contribution in [0.5, 0.6) is 0 Å². The number of aliphatic hydroxyl groups excluding tert-OH is 1. The number of hydrogen-bond acceptors (Lipinski definition) is 5. The second-order valence-electron chi connectivity index (χ2n) is 3.14. The topological polar surface area (TPSA) is 75.8 Å². The van der Waals surface area contributed by atoms with Gasteiger partial charge < -0.3 is 9.63 Å². The number of aryl methyl sites for hydroxylation is 1. The first kappa shape index (κ1) is 9.17. The number of hydroxylamine groups is 2. The highest BCUT2D eigenvalue weighted by Gasteiger charge is 2.28. The Balaban J connectivity index is 2.09. The Morgan fingerprint density at radius 3 is 3.07 bits per heavy atom. The molecule has 1 amide bonds. The largest absolute Gasteiger partial charge is 0.389 e. The van der Waals surface area contributed by atoms with Crippen molar-refractivity contribution in [3.63, 3.8) is 0 Å². The van der Waals surface area contributed by atoms with E-state index in [1.165, 1.54) is 6.07 Å². The molecule has 6 nitrogen and oxygen atoms in total. The highest BCUT2D eigenvalue weighted by molar-refractivity contribution is 5.91. The van der Waals surface area contributed by atoms with Gasteiger partial charge in [0.05, 0.1) is 6.54 Å². The molecule has 1 fully saturated rings. The highest BCUT2D eigenvalue weighted by atomic mass is 16.7. The number of rotatable bonds is 1.